The van der Waals surface area contributed by atoms with Crippen molar-refractivity contribution < 1.29 is 9.18 Å². The number of carbonyl (C=O) groups is 1. The summed E-state index contributed by atoms with van der Waals surface area (Å²) in [4.78, 5) is 17.3. The van der Waals surface area contributed by atoms with Crippen LogP contribution in [0, 0.1) is 5.82 Å². The SMILES string of the molecule is CNCC(=O)Nc1nc(C2CC2)c(Cc2ccccc2F)s1. The van der Waals surface area contributed by atoms with Crippen LogP contribution in [0.2, 0.25) is 0 Å². The van der Waals surface area contributed by atoms with Crippen molar-refractivity contribution in [3.05, 3.63) is 46.2 Å². The molecule has 3 rings (SSSR count). The van der Waals surface area contributed by atoms with E-state index in [0.29, 0.717) is 23.0 Å². The van der Waals surface area contributed by atoms with Gasteiger partial charge in [0.1, 0.15) is 5.82 Å². The van der Waals surface area contributed by atoms with E-state index in [1.165, 1.54) is 17.4 Å². The minimum Gasteiger partial charge on any atom is -0.311 e. The Morgan fingerprint density at radius 1 is 1.41 bits per heavy atom. The van der Waals surface area contributed by atoms with Gasteiger partial charge in [0.15, 0.2) is 5.13 Å². The Bertz CT molecular complexity index is 682. The van der Waals surface area contributed by atoms with Crippen molar-refractivity contribution in [1.82, 2.24) is 10.3 Å². The summed E-state index contributed by atoms with van der Waals surface area (Å²) in [5.74, 6) is 0.155. The molecule has 1 aromatic heterocycles. The number of aromatic nitrogens is 1. The Balaban J connectivity index is 1.82. The Labute approximate surface area is 132 Å². The molecular weight excluding hydrogens is 301 g/mol. The number of hydrogen-bond acceptors (Lipinski definition) is 4. The molecule has 1 amide bonds. The van der Waals surface area contributed by atoms with E-state index in [9.17, 15) is 9.18 Å². The van der Waals surface area contributed by atoms with Crippen molar-refractivity contribution >= 4 is 22.4 Å². The fraction of sp³-hybridized carbons (Fsp3) is 0.375. The smallest absolute Gasteiger partial charge is 0.240 e. The first-order valence-electron chi connectivity index (χ1n) is 7.35. The first kappa shape index (κ1) is 15.1. The summed E-state index contributed by atoms with van der Waals surface area (Å²) < 4.78 is 13.8. The third-order valence-corrected chi connectivity index (χ3v) is 4.57. The van der Waals surface area contributed by atoms with Crippen LogP contribution in [0.3, 0.4) is 0 Å². The summed E-state index contributed by atoms with van der Waals surface area (Å²) >= 11 is 1.45. The van der Waals surface area contributed by atoms with E-state index < -0.39 is 0 Å². The molecule has 0 atom stereocenters. The van der Waals surface area contributed by atoms with Gasteiger partial charge in [0, 0.05) is 17.2 Å². The normalized spacial score (nSPS) is 14.1. The van der Waals surface area contributed by atoms with E-state index in [0.717, 1.165) is 23.4 Å². The van der Waals surface area contributed by atoms with Gasteiger partial charge in [-0.1, -0.05) is 18.2 Å². The third kappa shape index (κ3) is 3.51. The fourth-order valence-electron chi connectivity index (χ4n) is 2.36. The molecule has 116 valence electrons. The Kier molecular flexibility index (Phi) is 4.49. The highest BCUT2D eigenvalue weighted by atomic mass is 32.1. The quantitative estimate of drug-likeness (QED) is 0.861. The maximum atomic E-state index is 13.8. The molecule has 0 unspecified atom stereocenters. The molecular formula is C16H18FN3OS. The summed E-state index contributed by atoms with van der Waals surface area (Å²) in [7, 11) is 1.72. The van der Waals surface area contributed by atoms with Crippen LogP contribution in [0.4, 0.5) is 9.52 Å². The van der Waals surface area contributed by atoms with Gasteiger partial charge in [0.25, 0.3) is 0 Å². The average Bonchev–Trinajstić information content (AvgIpc) is 3.25. The number of likely N-dealkylation sites (N-methyl/N-ethyl adjacent to an activating group) is 1. The molecule has 22 heavy (non-hydrogen) atoms. The van der Waals surface area contributed by atoms with Crippen molar-refractivity contribution in [2.45, 2.75) is 25.2 Å². The molecule has 1 aromatic carbocycles. The number of nitrogens with one attached hydrogen (secondary N) is 2. The topological polar surface area (TPSA) is 54.0 Å². The lowest BCUT2D eigenvalue weighted by Gasteiger charge is -2.02. The minimum absolute atomic E-state index is 0.115. The Morgan fingerprint density at radius 2 is 2.18 bits per heavy atom. The number of hydrogen-bond donors (Lipinski definition) is 2. The molecule has 1 aliphatic carbocycles. The molecule has 1 heterocycles. The second kappa shape index (κ2) is 6.54. The van der Waals surface area contributed by atoms with E-state index in [1.807, 2.05) is 6.07 Å². The maximum absolute atomic E-state index is 13.8. The summed E-state index contributed by atoms with van der Waals surface area (Å²) in [5.41, 5.74) is 1.69. The average molecular weight is 319 g/mol. The molecule has 0 radical (unpaired) electrons. The minimum atomic E-state index is -0.196. The van der Waals surface area contributed by atoms with Gasteiger partial charge in [-0.3, -0.25) is 4.79 Å². The molecule has 0 spiro atoms. The monoisotopic (exact) mass is 319 g/mol. The van der Waals surface area contributed by atoms with Crippen LogP contribution >= 0.6 is 11.3 Å². The second-order valence-corrected chi connectivity index (χ2v) is 6.53. The van der Waals surface area contributed by atoms with Crippen LogP contribution in [0.15, 0.2) is 24.3 Å². The van der Waals surface area contributed by atoms with Crippen molar-refractivity contribution in [3.8, 4) is 0 Å². The molecule has 0 aliphatic heterocycles. The van der Waals surface area contributed by atoms with Gasteiger partial charge in [0.05, 0.1) is 12.2 Å². The lowest BCUT2D eigenvalue weighted by molar-refractivity contribution is -0.115. The van der Waals surface area contributed by atoms with Crippen LogP contribution in [-0.2, 0) is 11.2 Å². The Morgan fingerprint density at radius 3 is 2.86 bits per heavy atom. The number of thiazole rings is 1. The zero-order valence-corrected chi connectivity index (χ0v) is 13.2. The van der Waals surface area contributed by atoms with Crippen LogP contribution in [0.5, 0.6) is 0 Å². The predicted molar refractivity (Wildman–Crippen MR) is 85.9 cm³/mol. The molecule has 2 aromatic rings. The van der Waals surface area contributed by atoms with Crippen molar-refractivity contribution in [2.75, 3.05) is 18.9 Å². The zero-order valence-electron chi connectivity index (χ0n) is 12.4. The first-order valence-corrected chi connectivity index (χ1v) is 8.16. The summed E-state index contributed by atoms with van der Waals surface area (Å²) in [6, 6.07) is 6.80. The molecule has 6 heteroatoms. The number of rotatable bonds is 6. The van der Waals surface area contributed by atoms with Crippen molar-refractivity contribution in [1.29, 1.82) is 0 Å². The molecule has 1 saturated carbocycles. The molecule has 1 aliphatic rings. The van der Waals surface area contributed by atoms with E-state index in [4.69, 9.17) is 0 Å². The molecule has 0 bridgehead atoms. The highest BCUT2D eigenvalue weighted by Crippen LogP contribution is 2.44. The predicted octanol–water partition coefficient (Wildman–Crippen LogP) is 2.91. The third-order valence-electron chi connectivity index (χ3n) is 3.58. The first-order chi connectivity index (χ1) is 10.7. The van der Waals surface area contributed by atoms with Crippen molar-refractivity contribution in [2.24, 2.45) is 0 Å². The number of carbonyl (C=O) groups excluding carboxylic acids is 1. The fourth-order valence-corrected chi connectivity index (χ4v) is 3.44. The highest BCUT2D eigenvalue weighted by Gasteiger charge is 2.30. The number of benzene rings is 1. The lowest BCUT2D eigenvalue weighted by atomic mass is 10.1. The second-order valence-electron chi connectivity index (χ2n) is 5.45. The summed E-state index contributed by atoms with van der Waals surface area (Å²) in [6.07, 6.45) is 2.77. The highest BCUT2D eigenvalue weighted by molar-refractivity contribution is 7.15. The molecule has 2 N–H and O–H groups in total. The standard InChI is InChI=1S/C16H18FN3OS/c1-18-9-14(21)19-16-20-15(10-6-7-10)13(22-16)8-11-4-2-3-5-12(11)17/h2-5,10,18H,6-9H2,1H3,(H,19,20,21). The Hall–Kier alpha value is -1.79. The molecule has 1 fully saturated rings. The van der Waals surface area contributed by atoms with Crippen LogP contribution in [0.25, 0.3) is 0 Å². The maximum Gasteiger partial charge on any atom is 0.240 e. The van der Waals surface area contributed by atoms with Gasteiger partial charge >= 0.3 is 0 Å². The number of amides is 1. The van der Waals surface area contributed by atoms with E-state index >= 15 is 0 Å². The van der Waals surface area contributed by atoms with E-state index in [1.54, 1.807) is 19.2 Å². The van der Waals surface area contributed by atoms with Gasteiger partial charge in [-0.15, -0.1) is 11.3 Å². The number of nitrogens with zero attached hydrogens (tertiary/aromatic N) is 1. The van der Waals surface area contributed by atoms with Crippen LogP contribution in [0.1, 0.15) is 34.9 Å². The van der Waals surface area contributed by atoms with Gasteiger partial charge < -0.3 is 10.6 Å². The largest absolute Gasteiger partial charge is 0.311 e. The van der Waals surface area contributed by atoms with E-state index in [-0.39, 0.29) is 18.3 Å². The number of anilines is 1. The molecule has 4 nitrogen and oxygen atoms in total. The van der Waals surface area contributed by atoms with Crippen LogP contribution in [-0.4, -0.2) is 24.5 Å². The van der Waals surface area contributed by atoms with Gasteiger partial charge in [-0.25, -0.2) is 9.37 Å². The van der Waals surface area contributed by atoms with Gasteiger partial charge in [0.2, 0.25) is 5.91 Å². The zero-order chi connectivity index (χ0) is 15.5. The number of halogens is 1. The lowest BCUT2D eigenvalue weighted by Crippen LogP contribution is -2.24. The van der Waals surface area contributed by atoms with Gasteiger partial charge in [-0.2, -0.15) is 0 Å². The summed E-state index contributed by atoms with van der Waals surface area (Å²) in [5, 5.41) is 6.21. The van der Waals surface area contributed by atoms with Crippen LogP contribution < -0.4 is 10.6 Å². The molecule has 0 saturated heterocycles. The summed E-state index contributed by atoms with van der Waals surface area (Å²) in [6.45, 7) is 0.251. The van der Waals surface area contributed by atoms with Gasteiger partial charge in [-0.05, 0) is 31.5 Å². The van der Waals surface area contributed by atoms with Crippen molar-refractivity contribution in [3.63, 3.8) is 0 Å². The van der Waals surface area contributed by atoms with E-state index in [2.05, 4.69) is 15.6 Å².